The van der Waals surface area contributed by atoms with Gasteiger partial charge in [-0.1, -0.05) is 36.4 Å². The van der Waals surface area contributed by atoms with Gasteiger partial charge in [0.2, 0.25) is 5.91 Å². The first-order valence-corrected chi connectivity index (χ1v) is 7.48. The number of nitrogens with zero attached hydrogens (tertiary/aromatic N) is 1. The molecule has 108 valence electrons. The second-order valence-electron chi connectivity index (χ2n) is 5.46. The molecule has 21 heavy (non-hydrogen) atoms. The summed E-state index contributed by atoms with van der Waals surface area (Å²) in [6, 6.07) is 19.7. The lowest BCUT2D eigenvalue weighted by atomic mass is 10.0. The average Bonchev–Trinajstić information content (AvgIpc) is 3.02. The van der Waals surface area contributed by atoms with E-state index in [0.29, 0.717) is 12.3 Å². The predicted molar refractivity (Wildman–Crippen MR) is 85.6 cm³/mol. The molecule has 0 saturated carbocycles. The molecule has 0 bridgehead atoms. The van der Waals surface area contributed by atoms with Crippen LogP contribution in [-0.4, -0.2) is 19.0 Å². The molecule has 0 spiro atoms. The van der Waals surface area contributed by atoms with Gasteiger partial charge < -0.3 is 5.32 Å². The number of carbonyl (C=O) groups is 1. The van der Waals surface area contributed by atoms with E-state index in [1.807, 2.05) is 65.6 Å². The lowest BCUT2D eigenvalue weighted by Crippen LogP contribution is -2.28. The second kappa shape index (κ2) is 6.55. The van der Waals surface area contributed by atoms with Crippen molar-refractivity contribution in [1.82, 2.24) is 5.32 Å². The number of amides is 1. The summed E-state index contributed by atoms with van der Waals surface area (Å²) in [5.41, 5.74) is 1.86. The number of hydrogen-bond donors (Lipinski definition) is 1. The Hall–Kier alpha value is -2.13. The molecule has 1 fully saturated rings. The fourth-order valence-electron chi connectivity index (χ4n) is 2.82. The molecule has 1 N–H and O–H groups in total. The van der Waals surface area contributed by atoms with Crippen molar-refractivity contribution < 1.29 is 4.79 Å². The molecule has 3 heteroatoms. The highest BCUT2D eigenvalue weighted by atomic mass is 16.2. The van der Waals surface area contributed by atoms with Crippen molar-refractivity contribution in [2.45, 2.75) is 12.8 Å². The fourth-order valence-corrected chi connectivity index (χ4v) is 2.82. The first kappa shape index (κ1) is 13.8. The third-order valence-electron chi connectivity index (χ3n) is 3.90. The van der Waals surface area contributed by atoms with Crippen LogP contribution in [0.3, 0.4) is 0 Å². The number of carbonyl (C=O) groups excluding carboxylic acids is 1. The molecule has 0 radical (unpaired) electrons. The normalized spacial score (nSPS) is 17.6. The van der Waals surface area contributed by atoms with E-state index in [1.165, 1.54) is 0 Å². The smallest absolute Gasteiger partial charge is 0.231 e. The van der Waals surface area contributed by atoms with Crippen molar-refractivity contribution in [2.24, 2.45) is 5.92 Å². The minimum absolute atomic E-state index is 0.168. The van der Waals surface area contributed by atoms with Gasteiger partial charge in [0, 0.05) is 17.8 Å². The van der Waals surface area contributed by atoms with Gasteiger partial charge in [0.05, 0.1) is 0 Å². The Morgan fingerprint density at radius 2 is 1.57 bits per heavy atom. The standard InChI is InChI=1S/C18H20N2O/c21-18(13-15-11-12-19-14-15)20(16-7-3-1-4-8-16)17-9-5-2-6-10-17/h1-10,15,19H,11-14H2/t15-/m0/s1. The third-order valence-corrected chi connectivity index (χ3v) is 3.90. The van der Waals surface area contributed by atoms with Crippen molar-refractivity contribution in [2.75, 3.05) is 18.0 Å². The zero-order valence-corrected chi connectivity index (χ0v) is 12.0. The second-order valence-corrected chi connectivity index (χ2v) is 5.46. The fraction of sp³-hybridized carbons (Fsp3) is 0.278. The van der Waals surface area contributed by atoms with Crippen LogP contribution in [0, 0.1) is 5.92 Å². The van der Waals surface area contributed by atoms with E-state index in [4.69, 9.17) is 0 Å². The number of nitrogens with one attached hydrogen (secondary N) is 1. The minimum atomic E-state index is 0.168. The van der Waals surface area contributed by atoms with Crippen LogP contribution >= 0.6 is 0 Å². The summed E-state index contributed by atoms with van der Waals surface area (Å²) in [4.78, 5) is 14.6. The molecule has 3 nitrogen and oxygen atoms in total. The van der Waals surface area contributed by atoms with Crippen LogP contribution in [0.5, 0.6) is 0 Å². The van der Waals surface area contributed by atoms with Gasteiger partial charge in [0.1, 0.15) is 0 Å². The molecule has 3 rings (SSSR count). The average molecular weight is 280 g/mol. The number of hydrogen-bond acceptors (Lipinski definition) is 2. The quantitative estimate of drug-likeness (QED) is 0.931. The Balaban J connectivity index is 1.87. The lowest BCUT2D eigenvalue weighted by molar-refractivity contribution is -0.118. The van der Waals surface area contributed by atoms with Crippen molar-refractivity contribution in [3.05, 3.63) is 60.7 Å². The van der Waals surface area contributed by atoms with Crippen molar-refractivity contribution >= 4 is 17.3 Å². The summed E-state index contributed by atoms with van der Waals surface area (Å²) in [5.74, 6) is 0.619. The van der Waals surface area contributed by atoms with E-state index in [1.54, 1.807) is 0 Å². The summed E-state index contributed by atoms with van der Waals surface area (Å²) in [7, 11) is 0. The maximum atomic E-state index is 12.8. The highest BCUT2D eigenvalue weighted by molar-refractivity contribution is 6.00. The first-order valence-electron chi connectivity index (χ1n) is 7.48. The van der Waals surface area contributed by atoms with Crippen molar-refractivity contribution in [3.8, 4) is 0 Å². The van der Waals surface area contributed by atoms with E-state index in [2.05, 4.69) is 5.32 Å². The third kappa shape index (κ3) is 3.31. The van der Waals surface area contributed by atoms with E-state index < -0.39 is 0 Å². The molecule has 1 aliphatic rings. The Labute approximate surface area is 125 Å². The highest BCUT2D eigenvalue weighted by Gasteiger charge is 2.23. The molecule has 1 aliphatic heterocycles. The van der Waals surface area contributed by atoms with E-state index in [0.717, 1.165) is 30.9 Å². The molecule has 0 aromatic heterocycles. The van der Waals surface area contributed by atoms with Gasteiger partial charge in [-0.3, -0.25) is 9.69 Å². The van der Waals surface area contributed by atoms with Gasteiger partial charge in [-0.15, -0.1) is 0 Å². The lowest BCUT2D eigenvalue weighted by Gasteiger charge is -2.24. The Bertz CT molecular complexity index is 537. The molecule has 2 aromatic rings. The SMILES string of the molecule is O=C(C[C@@H]1CCNC1)N(c1ccccc1)c1ccccc1. The molecular weight excluding hydrogens is 260 g/mol. The Morgan fingerprint density at radius 3 is 2.05 bits per heavy atom. The highest BCUT2D eigenvalue weighted by Crippen LogP contribution is 2.27. The number of rotatable bonds is 4. The van der Waals surface area contributed by atoms with Crippen LogP contribution in [0.25, 0.3) is 0 Å². The van der Waals surface area contributed by atoms with Crippen LogP contribution in [-0.2, 0) is 4.79 Å². The zero-order valence-electron chi connectivity index (χ0n) is 12.0. The van der Waals surface area contributed by atoms with Crippen molar-refractivity contribution in [3.63, 3.8) is 0 Å². The summed E-state index contributed by atoms with van der Waals surface area (Å²) >= 11 is 0. The van der Waals surface area contributed by atoms with Gasteiger partial charge in [-0.25, -0.2) is 0 Å². The molecule has 1 saturated heterocycles. The molecule has 1 atom stereocenters. The molecule has 0 unspecified atom stereocenters. The minimum Gasteiger partial charge on any atom is -0.316 e. The summed E-state index contributed by atoms with van der Waals surface area (Å²) in [5, 5.41) is 3.33. The predicted octanol–water partition coefficient (Wildman–Crippen LogP) is 3.35. The Kier molecular flexibility index (Phi) is 4.31. The summed E-state index contributed by atoms with van der Waals surface area (Å²) in [6.45, 7) is 1.97. The summed E-state index contributed by atoms with van der Waals surface area (Å²) < 4.78 is 0. The van der Waals surface area contributed by atoms with Crippen LogP contribution in [0.4, 0.5) is 11.4 Å². The number of para-hydroxylation sites is 2. The molecule has 2 aromatic carbocycles. The van der Waals surface area contributed by atoms with Crippen molar-refractivity contribution in [1.29, 1.82) is 0 Å². The maximum Gasteiger partial charge on any atom is 0.231 e. The van der Waals surface area contributed by atoms with E-state index in [9.17, 15) is 4.79 Å². The zero-order chi connectivity index (χ0) is 14.5. The molecule has 0 aliphatic carbocycles. The molecular formula is C18H20N2O. The van der Waals surface area contributed by atoms with Gasteiger partial charge in [0.25, 0.3) is 0 Å². The first-order chi connectivity index (χ1) is 10.3. The van der Waals surface area contributed by atoms with E-state index in [-0.39, 0.29) is 5.91 Å². The van der Waals surface area contributed by atoms with Gasteiger partial charge >= 0.3 is 0 Å². The monoisotopic (exact) mass is 280 g/mol. The summed E-state index contributed by atoms with van der Waals surface area (Å²) in [6.07, 6.45) is 1.68. The number of benzene rings is 2. The van der Waals surface area contributed by atoms with Gasteiger partial charge in [-0.05, 0) is 49.7 Å². The van der Waals surface area contributed by atoms with Crippen LogP contribution in [0.1, 0.15) is 12.8 Å². The molecule has 1 amide bonds. The maximum absolute atomic E-state index is 12.8. The number of anilines is 2. The van der Waals surface area contributed by atoms with Crippen LogP contribution in [0.15, 0.2) is 60.7 Å². The molecule has 1 heterocycles. The van der Waals surface area contributed by atoms with Gasteiger partial charge in [-0.2, -0.15) is 0 Å². The van der Waals surface area contributed by atoms with Gasteiger partial charge in [0.15, 0.2) is 0 Å². The van der Waals surface area contributed by atoms with E-state index >= 15 is 0 Å². The van der Waals surface area contributed by atoms with Crippen LogP contribution < -0.4 is 10.2 Å². The largest absolute Gasteiger partial charge is 0.316 e. The topological polar surface area (TPSA) is 32.3 Å². The van der Waals surface area contributed by atoms with Crippen LogP contribution in [0.2, 0.25) is 0 Å². The Morgan fingerprint density at radius 1 is 1.00 bits per heavy atom.